The van der Waals surface area contributed by atoms with E-state index in [0.717, 1.165) is 32.3 Å². The van der Waals surface area contributed by atoms with E-state index in [-0.39, 0.29) is 5.97 Å². The van der Waals surface area contributed by atoms with Crippen molar-refractivity contribution in [2.75, 3.05) is 6.61 Å². The van der Waals surface area contributed by atoms with Crippen molar-refractivity contribution in [1.29, 1.82) is 0 Å². The molecule has 0 saturated heterocycles. The van der Waals surface area contributed by atoms with Crippen LogP contribution in [-0.4, -0.2) is 24.3 Å². The Morgan fingerprint density at radius 1 is 1.47 bits per heavy atom. The third-order valence-electron chi connectivity index (χ3n) is 3.09. The lowest BCUT2D eigenvalue weighted by atomic mass is 9.97. The Kier molecular flexibility index (Phi) is 7.88. The van der Waals surface area contributed by atoms with E-state index >= 15 is 0 Å². The van der Waals surface area contributed by atoms with E-state index < -0.39 is 5.60 Å². The van der Waals surface area contributed by atoms with Gasteiger partial charge in [0.25, 0.3) is 0 Å². The topological polar surface area (TPSA) is 35.5 Å². The van der Waals surface area contributed by atoms with Gasteiger partial charge in [-0.3, -0.25) is 0 Å². The average Bonchev–Trinajstić information content (AvgIpc) is 2.34. The quantitative estimate of drug-likeness (QED) is 0.353. The fraction of sp³-hybridized carbons (Fsp3) is 0.786. The van der Waals surface area contributed by atoms with E-state index in [0.29, 0.717) is 6.10 Å². The Balaban J connectivity index is 3.95. The van der Waals surface area contributed by atoms with Crippen LogP contribution in [0.4, 0.5) is 0 Å². The molecule has 3 heteroatoms. The van der Waals surface area contributed by atoms with Gasteiger partial charge in [-0.25, -0.2) is 4.79 Å². The van der Waals surface area contributed by atoms with Gasteiger partial charge in [0.1, 0.15) is 5.60 Å². The Morgan fingerprint density at radius 3 is 2.59 bits per heavy atom. The molecule has 0 aliphatic carbocycles. The summed E-state index contributed by atoms with van der Waals surface area (Å²) in [6, 6.07) is 0. The van der Waals surface area contributed by atoms with Gasteiger partial charge in [0.15, 0.2) is 0 Å². The number of hydrogen-bond donors (Lipinski definition) is 0. The van der Waals surface area contributed by atoms with Gasteiger partial charge in [-0.05, 0) is 39.5 Å². The number of carbonyl (C=O) groups excluding carboxylic acids is 1. The minimum absolute atomic E-state index is 0.304. The highest BCUT2D eigenvalue weighted by Gasteiger charge is 2.25. The molecule has 0 N–H and O–H groups in total. The third kappa shape index (κ3) is 7.16. The number of hydrogen-bond acceptors (Lipinski definition) is 3. The van der Waals surface area contributed by atoms with Gasteiger partial charge in [-0.2, -0.15) is 0 Å². The zero-order valence-corrected chi connectivity index (χ0v) is 11.6. The maximum Gasteiger partial charge on any atom is 0.330 e. The van der Waals surface area contributed by atoms with Crippen LogP contribution in [0.25, 0.3) is 0 Å². The summed E-state index contributed by atoms with van der Waals surface area (Å²) in [5, 5.41) is 0. The molecule has 2 atom stereocenters. The van der Waals surface area contributed by atoms with Gasteiger partial charge >= 0.3 is 5.97 Å². The van der Waals surface area contributed by atoms with E-state index in [9.17, 15) is 4.79 Å². The third-order valence-corrected chi connectivity index (χ3v) is 3.09. The first-order chi connectivity index (χ1) is 7.97. The molecule has 3 nitrogen and oxygen atoms in total. The van der Waals surface area contributed by atoms with Gasteiger partial charge in [0, 0.05) is 12.7 Å². The molecule has 0 aromatic carbocycles. The van der Waals surface area contributed by atoms with Crippen LogP contribution in [0.5, 0.6) is 0 Å². The van der Waals surface area contributed by atoms with Crippen molar-refractivity contribution >= 4 is 5.97 Å². The molecule has 100 valence electrons. The molecule has 0 amide bonds. The first-order valence-electron chi connectivity index (χ1n) is 6.44. The van der Waals surface area contributed by atoms with Crippen LogP contribution in [0, 0.1) is 0 Å². The summed E-state index contributed by atoms with van der Waals surface area (Å²) in [7, 11) is 0. The first kappa shape index (κ1) is 16.2. The largest absolute Gasteiger partial charge is 0.456 e. The highest BCUT2D eigenvalue weighted by Crippen LogP contribution is 2.22. The van der Waals surface area contributed by atoms with Crippen molar-refractivity contribution in [3.8, 4) is 0 Å². The summed E-state index contributed by atoms with van der Waals surface area (Å²) in [6.45, 7) is 12.3. The van der Waals surface area contributed by atoms with E-state index in [4.69, 9.17) is 9.47 Å². The monoisotopic (exact) mass is 242 g/mol. The molecule has 0 bridgehead atoms. The molecule has 0 aromatic heterocycles. The lowest BCUT2D eigenvalue weighted by molar-refractivity contribution is -0.153. The molecule has 0 aromatic rings. The summed E-state index contributed by atoms with van der Waals surface area (Å²) in [4.78, 5) is 11.2. The molecule has 0 spiro atoms. The number of esters is 1. The molecular weight excluding hydrogens is 216 g/mol. The van der Waals surface area contributed by atoms with Gasteiger partial charge in [0.05, 0.1) is 6.10 Å². The van der Waals surface area contributed by atoms with E-state index in [1.165, 1.54) is 6.08 Å². The van der Waals surface area contributed by atoms with Crippen LogP contribution in [-0.2, 0) is 14.3 Å². The molecule has 17 heavy (non-hydrogen) atoms. The Bertz CT molecular complexity index is 238. The molecule has 0 radical (unpaired) electrons. The molecule has 0 fully saturated rings. The molecular formula is C14H26O3. The Labute approximate surface area is 105 Å². The van der Waals surface area contributed by atoms with Crippen molar-refractivity contribution in [3.05, 3.63) is 12.7 Å². The minimum atomic E-state index is -0.399. The molecule has 0 heterocycles. The number of ether oxygens (including phenoxy) is 2. The molecule has 0 aliphatic heterocycles. The van der Waals surface area contributed by atoms with Gasteiger partial charge < -0.3 is 9.47 Å². The second kappa shape index (κ2) is 8.29. The van der Waals surface area contributed by atoms with Crippen LogP contribution in [0.3, 0.4) is 0 Å². The Morgan fingerprint density at radius 2 is 2.12 bits per heavy atom. The summed E-state index contributed by atoms with van der Waals surface area (Å²) < 4.78 is 11.0. The highest BCUT2D eigenvalue weighted by molar-refractivity contribution is 5.81. The number of rotatable bonds is 9. The normalized spacial score (nSPS) is 16.0. The lowest BCUT2D eigenvalue weighted by Crippen LogP contribution is -2.30. The second-order valence-corrected chi connectivity index (χ2v) is 4.62. The second-order valence-electron chi connectivity index (χ2n) is 4.62. The molecule has 0 rings (SSSR count). The number of carbonyl (C=O) groups is 1. The summed E-state index contributed by atoms with van der Waals surface area (Å²) in [5.74, 6) is -0.350. The van der Waals surface area contributed by atoms with Crippen molar-refractivity contribution in [3.63, 3.8) is 0 Å². The standard InChI is InChI=1S/C14H26O3/c1-6-12(4)16-11-9-10-14(5,8-3)17-13(15)7-2/h7,12H,2,6,8-11H2,1,3-5H3. The van der Waals surface area contributed by atoms with E-state index in [1.807, 2.05) is 13.8 Å². The zero-order chi connectivity index (χ0) is 13.3. The van der Waals surface area contributed by atoms with E-state index in [2.05, 4.69) is 20.4 Å². The SMILES string of the molecule is C=CC(=O)OC(C)(CC)CCCOC(C)CC. The summed E-state index contributed by atoms with van der Waals surface area (Å²) in [6.07, 6.45) is 5.06. The van der Waals surface area contributed by atoms with Crippen molar-refractivity contribution in [2.45, 2.75) is 65.1 Å². The summed E-state index contributed by atoms with van der Waals surface area (Å²) >= 11 is 0. The first-order valence-corrected chi connectivity index (χ1v) is 6.44. The van der Waals surface area contributed by atoms with Gasteiger partial charge in [0.2, 0.25) is 0 Å². The van der Waals surface area contributed by atoms with Crippen LogP contribution in [0.1, 0.15) is 53.4 Å². The molecule has 0 saturated carbocycles. The van der Waals surface area contributed by atoms with Crippen LogP contribution in [0.15, 0.2) is 12.7 Å². The lowest BCUT2D eigenvalue weighted by Gasteiger charge is -2.28. The minimum Gasteiger partial charge on any atom is -0.456 e. The maximum absolute atomic E-state index is 11.2. The van der Waals surface area contributed by atoms with Crippen LogP contribution in [0.2, 0.25) is 0 Å². The van der Waals surface area contributed by atoms with Gasteiger partial charge in [-0.15, -0.1) is 0 Å². The maximum atomic E-state index is 11.2. The average molecular weight is 242 g/mol. The summed E-state index contributed by atoms with van der Waals surface area (Å²) in [5.41, 5.74) is -0.399. The van der Waals surface area contributed by atoms with Crippen molar-refractivity contribution in [2.24, 2.45) is 0 Å². The predicted octanol–water partition coefficient (Wildman–Crippen LogP) is 3.48. The van der Waals surface area contributed by atoms with Crippen molar-refractivity contribution in [1.82, 2.24) is 0 Å². The van der Waals surface area contributed by atoms with Gasteiger partial charge in [-0.1, -0.05) is 20.4 Å². The predicted molar refractivity (Wildman–Crippen MR) is 69.9 cm³/mol. The van der Waals surface area contributed by atoms with Crippen LogP contribution < -0.4 is 0 Å². The fourth-order valence-corrected chi connectivity index (χ4v) is 1.43. The van der Waals surface area contributed by atoms with E-state index in [1.54, 1.807) is 0 Å². The zero-order valence-electron chi connectivity index (χ0n) is 11.6. The Hall–Kier alpha value is -0.830. The fourth-order valence-electron chi connectivity index (χ4n) is 1.43. The smallest absolute Gasteiger partial charge is 0.330 e. The highest BCUT2D eigenvalue weighted by atomic mass is 16.6. The molecule has 0 aliphatic rings. The van der Waals surface area contributed by atoms with Crippen molar-refractivity contribution < 1.29 is 14.3 Å². The molecule has 2 unspecified atom stereocenters. The van der Waals surface area contributed by atoms with Crippen LogP contribution >= 0.6 is 0 Å².